The fraction of sp³-hybridized carbons (Fsp3) is 0.769. The molecule has 1 heterocycles. The zero-order chi connectivity index (χ0) is 14.5. The topological polar surface area (TPSA) is 61.8 Å². The van der Waals surface area contributed by atoms with Gasteiger partial charge in [-0.25, -0.2) is 4.79 Å². The van der Waals surface area contributed by atoms with Crippen LogP contribution in [0.2, 0.25) is 0 Å². The Morgan fingerprint density at radius 3 is 2.53 bits per heavy atom. The lowest BCUT2D eigenvalue weighted by molar-refractivity contribution is -0.0294. The van der Waals surface area contributed by atoms with Crippen molar-refractivity contribution < 1.29 is 14.6 Å². The number of carbonyl (C=O) groups is 1. The zero-order valence-corrected chi connectivity index (χ0v) is 12.5. The van der Waals surface area contributed by atoms with Crippen molar-refractivity contribution in [3.05, 3.63) is 11.7 Å². The van der Waals surface area contributed by atoms with Crippen LogP contribution in [0, 0.1) is 0 Å². The average Bonchev–Trinajstić information content (AvgIpc) is 2.27. The number of carbonyl (C=O) groups excluding carboxylic acids is 1. The number of nitrogens with zero attached hydrogens (tertiary/aromatic N) is 1. The molecule has 1 fully saturated rings. The molecule has 1 saturated heterocycles. The van der Waals surface area contributed by atoms with E-state index in [1.165, 1.54) is 5.54 Å². The molecule has 1 amide bonds. The molecular formula is C13H23ClN2O3. The number of rotatable bonds is 3. The van der Waals surface area contributed by atoms with Crippen molar-refractivity contribution in [1.82, 2.24) is 10.2 Å². The summed E-state index contributed by atoms with van der Waals surface area (Å²) in [6.45, 7) is 6.95. The van der Waals surface area contributed by atoms with Crippen LogP contribution in [-0.2, 0) is 4.74 Å². The molecule has 0 atom stereocenters. The quantitative estimate of drug-likeness (QED) is 0.835. The van der Waals surface area contributed by atoms with Crippen LogP contribution >= 0.6 is 11.6 Å². The molecule has 0 saturated carbocycles. The van der Waals surface area contributed by atoms with E-state index in [1.54, 1.807) is 11.1 Å². The van der Waals surface area contributed by atoms with E-state index >= 15 is 0 Å². The van der Waals surface area contributed by atoms with Gasteiger partial charge in [0.2, 0.25) is 0 Å². The lowest BCUT2D eigenvalue weighted by Crippen LogP contribution is -2.51. The summed E-state index contributed by atoms with van der Waals surface area (Å²) in [5.74, 6) is 0. The van der Waals surface area contributed by atoms with Crippen molar-refractivity contribution >= 4 is 17.7 Å². The molecule has 6 heteroatoms. The van der Waals surface area contributed by atoms with Gasteiger partial charge >= 0.3 is 6.09 Å². The van der Waals surface area contributed by atoms with Crippen LogP contribution in [0.25, 0.3) is 0 Å². The normalized spacial score (nSPS) is 19.5. The first-order chi connectivity index (χ1) is 8.76. The van der Waals surface area contributed by atoms with Crippen molar-refractivity contribution in [3.63, 3.8) is 0 Å². The maximum atomic E-state index is 11.9. The molecule has 0 radical (unpaired) electrons. The van der Waals surface area contributed by atoms with Crippen molar-refractivity contribution in [2.45, 2.75) is 44.8 Å². The predicted octanol–water partition coefficient (Wildman–Crippen LogP) is 2.05. The Labute approximate surface area is 119 Å². The van der Waals surface area contributed by atoms with Gasteiger partial charge < -0.3 is 20.1 Å². The minimum Gasteiger partial charge on any atom is -0.444 e. The van der Waals surface area contributed by atoms with Crippen LogP contribution in [-0.4, -0.2) is 46.9 Å². The second kappa shape index (κ2) is 6.48. The Balaban J connectivity index is 2.41. The molecule has 19 heavy (non-hydrogen) atoms. The highest BCUT2D eigenvalue weighted by atomic mass is 35.5. The number of aliphatic hydroxyl groups is 1. The van der Waals surface area contributed by atoms with Gasteiger partial charge in [0, 0.05) is 31.4 Å². The largest absolute Gasteiger partial charge is 0.444 e. The van der Waals surface area contributed by atoms with Gasteiger partial charge in [-0.1, -0.05) is 11.6 Å². The minimum atomic E-state index is -0.797. The molecule has 0 bridgehead atoms. The second-order valence-corrected chi connectivity index (χ2v) is 6.12. The van der Waals surface area contributed by atoms with Crippen molar-refractivity contribution in [3.8, 4) is 0 Å². The van der Waals surface area contributed by atoms with Crippen molar-refractivity contribution in [1.29, 1.82) is 0 Å². The van der Waals surface area contributed by atoms with Gasteiger partial charge in [0.05, 0.1) is 5.60 Å². The molecule has 1 rings (SSSR count). The van der Waals surface area contributed by atoms with Gasteiger partial charge in [0.25, 0.3) is 0 Å². The highest BCUT2D eigenvalue weighted by Crippen LogP contribution is 2.23. The van der Waals surface area contributed by atoms with Crippen LogP contribution < -0.4 is 5.32 Å². The van der Waals surface area contributed by atoms with Crippen molar-refractivity contribution in [2.24, 2.45) is 0 Å². The van der Waals surface area contributed by atoms with E-state index in [2.05, 4.69) is 5.32 Å². The molecule has 5 nitrogen and oxygen atoms in total. The third kappa shape index (κ3) is 5.70. The SMILES string of the molecule is CC(C)(C)OC(=O)N1CCC(O)(CNC=CCl)CC1. The monoisotopic (exact) mass is 290 g/mol. The summed E-state index contributed by atoms with van der Waals surface area (Å²) < 4.78 is 5.31. The smallest absolute Gasteiger partial charge is 0.410 e. The summed E-state index contributed by atoms with van der Waals surface area (Å²) in [5, 5.41) is 13.2. The third-order valence-electron chi connectivity index (χ3n) is 2.96. The fourth-order valence-corrected chi connectivity index (χ4v) is 1.99. The Hall–Kier alpha value is -0.940. The summed E-state index contributed by atoms with van der Waals surface area (Å²) in [5.41, 5.74) is 0.0750. The Bertz CT molecular complexity index is 331. The van der Waals surface area contributed by atoms with Crippen molar-refractivity contribution in [2.75, 3.05) is 19.6 Å². The second-order valence-electron chi connectivity index (χ2n) is 5.87. The van der Waals surface area contributed by atoms with E-state index in [9.17, 15) is 9.90 Å². The molecule has 1 aliphatic heterocycles. The Kier molecular flexibility index (Phi) is 5.50. The molecule has 0 spiro atoms. The number of ether oxygens (including phenoxy) is 1. The van der Waals surface area contributed by atoms with E-state index in [-0.39, 0.29) is 6.09 Å². The number of amides is 1. The number of nitrogens with one attached hydrogen (secondary N) is 1. The third-order valence-corrected chi connectivity index (χ3v) is 3.08. The lowest BCUT2D eigenvalue weighted by Gasteiger charge is -2.38. The van der Waals surface area contributed by atoms with E-state index in [4.69, 9.17) is 16.3 Å². The highest BCUT2D eigenvalue weighted by Gasteiger charge is 2.34. The van der Waals surface area contributed by atoms with Gasteiger partial charge in [-0.15, -0.1) is 0 Å². The number of hydrogen-bond donors (Lipinski definition) is 2. The number of hydrogen-bond acceptors (Lipinski definition) is 4. The van der Waals surface area contributed by atoms with Crippen LogP contribution in [0.4, 0.5) is 4.79 Å². The first-order valence-corrected chi connectivity index (χ1v) is 6.88. The number of likely N-dealkylation sites (tertiary alicyclic amines) is 1. The molecule has 0 aromatic heterocycles. The Morgan fingerprint density at radius 1 is 1.47 bits per heavy atom. The van der Waals surface area contributed by atoms with Gasteiger partial charge in [0.15, 0.2) is 0 Å². The maximum Gasteiger partial charge on any atom is 0.410 e. The van der Waals surface area contributed by atoms with Gasteiger partial charge in [-0.2, -0.15) is 0 Å². The van der Waals surface area contributed by atoms with E-state index in [1.807, 2.05) is 20.8 Å². The average molecular weight is 291 g/mol. The molecular weight excluding hydrogens is 268 g/mol. The van der Waals surface area contributed by atoms with Gasteiger partial charge in [-0.3, -0.25) is 0 Å². The molecule has 1 aliphatic rings. The van der Waals surface area contributed by atoms with E-state index in [0.717, 1.165) is 0 Å². The lowest BCUT2D eigenvalue weighted by atomic mass is 9.91. The fourth-order valence-electron chi connectivity index (χ4n) is 1.90. The van der Waals surface area contributed by atoms with Crippen LogP contribution in [0.15, 0.2) is 11.7 Å². The van der Waals surface area contributed by atoms with E-state index in [0.29, 0.717) is 32.5 Å². The molecule has 0 aromatic carbocycles. The van der Waals surface area contributed by atoms with Crippen LogP contribution in [0.5, 0.6) is 0 Å². The molecule has 110 valence electrons. The molecule has 0 unspecified atom stereocenters. The summed E-state index contributed by atoms with van der Waals surface area (Å²) in [6.07, 6.45) is 2.31. The first kappa shape index (κ1) is 16.1. The van der Waals surface area contributed by atoms with Gasteiger partial charge in [-0.05, 0) is 33.6 Å². The predicted molar refractivity (Wildman–Crippen MR) is 75.0 cm³/mol. The summed E-state index contributed by atoms with van der Waals surface area (Å²) in [4.78, 5) is 13.5. The van der Waals surface area contributed by atoms with E-state index < -0.39 is 11.2 Å². The highest BCUT2D eigenvalue weighted by molar-refractivity contribution is 6.25. The maximum absolute atomic E-state index is 11.9. The first-order valence-electron chi connectivity index (χ1n) is 6.45. The zero-order valence-electron chi connectivity index (χ0n) is 11.8. The molecule has 0 aromatic rings. The standard InChI is InChI=1S/C13H23ClN2O3/c1-12(2,3)19-11(17)16-8-4-13(18,5-9-16)10-15-7-6-14/h6-7,15,18H,4-5,8-10H2,1-3H3. The van der Waals surface area contributed by atoms with Crippen LogP contribution in [0.3, 0.4) is 0 Å². The molecule has 2 N–H and O–H groups in total. The Morgan fingerprint density at radius 2 is 2.05 bits per heavy atom. The van der Waals surface area contributed by atoms with Gasteiger partial charge in [0.1, 0.15) is 5.60 Å². The number of halogens is 1. The minimum absolute atomic E-state index is 0.317. The molecule has 0 aliphatic carbocycles. The summed E-state index contributed by atoms with van der Waals surface area (Å²) >= 11 is 5.40. The van der Waals surface area contributed by atoms with Crippen LogP contribution in [0.1, 0.15) is 33.6 Å². The summed E-state index contributed by atoms with van der Waals surface area (Å²) in [6, 6.07) is 0. The summed E-state index contributed by atoms with van der Waals surface area (Å²) in [7, 11) is 0. The number of piperidine rings is 1.